The highest BCUT2D eigenvalue weighted by Gasteiger charge is 2.07. The Labute approximate surface area is 103 Å². The van der Waals surface area contributed by atoms with Crippen LogP contribution >= 0.6 is 11.3 Å². The molecule has 2 aromatic rings. The van der Waals surface area contributed by atoms with Gasteiger partial charge >= 0.3 is 0 Å². The average Bonchev–Trinajstić information content (AvgIpc) is 2.71. The maximum atomic E-state index is 13.3. The van der Waals surface area contributed by atoms with Crippen LogP contribution in [0, 0.1) is 18.6 Å². The molecular weight excluding hydrogens is 240 g/mol. The van der Waals surface area contributed by atoms with Crippen molar-refractivity contribution in [3.8, 4) is 0 Å². The number of hydrogen-bond donors (Lipinski definition) is 1. The van der Waals surface area contributed by atoms with E-state index in [4.69, 9.17) is 0 Å². The van der Waals surface area contributed by atoms with Crippen LogP contribution in [0.2, 0.25) is 0 Å². The normalized spacial score (nSPS) is 10.8. The molecule has 4 heteroatoms. The van der Waals surface area contributed by atoms with Crippen LogP contribution in [0.5, 0.6) is 0 Å². The molecule has 1 aromatic heterocycles. The number of halogens is 2. The molecule has 2 rings (SSSR count). The molecule has 0 saturated heterocycles. The van der Waals surface area contributed by atoms with Gasteiger partial charge in [-0.2, -0.15) is 11.3 Å². The molecular formula is C13H13F2NS. The summed E-state index contributed by atoms with van der Waals surface area (Å²) in [4.78, 5) is 0. The minimum atomic E-state index is -0.795. The van der Waals surface area contributed by atoms with E-state index in [0.29, 0.717) is 18.7 Å². The first-order valence-corrected chi connectivity index (χ1v) is 6.28. The molecule has 0 aliphatic rings. The lowest BCUT2D eigenvalue weighted by Crippen LogP contribution is -2.14. The van der Waals surface area contributed by atoms with Crippen molar-refractivity contribution in [3.63, 3.8) is 0 Å². The Balaban J connectivity index is 1.95. The van der Waals surface area contributed by atoms with Gasteiger partial charge in [0.25, 0.3) is 0 Å². The van der Waals surface area contributed by atoms with Crippen molar-refractivity contribution >= 4 is 11.3 Å². The standard InChI is InChI=1S/C13H13F2NS/c1-9-7-17-8-11(9)6-16-5-10-3-2-4-12(14)13(10)15/h2-4,7-8,16H,5-6H2,1H3. The Bertz CT molecular complexity index is 508. The molecule has 0 saturated carbocycles. The molecule has 1 nitrogen and oxygen atoms in total. The Morgan fingerprint density at radius 3 is 2.59 bits per heavy atom. The largest absolute Gasteiger partial charge is 0.308 e. The fraction of sp³-hybridized carbons (Fsp3) is 0.231. The first-order chi connectivity index (χ1) is 8.18. The molecule has 0 spiro atoms. The second-order valence-corrected chi connectivity index (χ2v) is 4.64. The quantitative estimate of drug-likeness (QED) is 0.877. The van der Waals surface area contributed by atoms with E-state index >= 15 is 0 Å². The van der Waals surface area contributed by atoms with Gasteiger partial charge in [0.1, 0.15) is 0 Å². The van der Waals surface area contributed by atoms with Crippen LogP contribution in [-0.2, 0) is 13.1 Å². The van der Waals surface area contributed by atoms with Gasteiger partial charge < -0.3 is 5.32 Å². The lowest BCUT2D eigenvalue weighted by Gasteiger charge is -2.06. The van der Waals surface area contributed by atoms with E-state index in [1.54, 1.807) is 17.4 Å². The molecule has 1 aromatic carbocycles. The van der Waals surface area contributed by atoms with Crippen LogP contribution in [0.15, 0.2) is 29.0 Å². The number of rotatable bonds is 4. The van der Waals surface area contributed by atoms with Crippen LogP contribution in [0.1, 0.15) is 16.7 Å². The van der Waals surface area contributed by atoms with Crippen molar-refractivity contribution in [2.45, 2.75) is 20.0 Å². The number of nitrogens with one attached hydrogen (secondary N) is 1. The van der Waals surface area contributed by atoms with Crippen LogP contribution < -0.4 is 5.32 Å². The van der Waals surface area contributed by atoms with E-state index in [-0.39, 0.29) is 0 Å². The summed E-state index contributed by atoms with van der Waals surface area (Å²) < 4.78 is 26.3. The van der Waals surface area contributed by atoms with E-state index in [2.05, 4.69) is 16.1 Å². The minimum absolute atomic E-state index is 0.332. The lowest BCUT2D eigenvalue weighted by atomic mass is 10.2. The van der Waals surface area contributed by atoms with E-state index in [0.717, 1.165) is 6.07 Å². The minimum Gasteiger partial charge on any atom is -0.308 e. The summed E-state index contributed by atoms with van der Waals surface area (Å²) >= 11 is 1.64. The summed E-state index contributed by atoms with van der Waals surface area (Å²) in [6, 6.07) is 4.24. The summed E-state index contributed by atoms with van der Waals surface area (Å²) in [7, 11) is 0. The third-order valence-corrected chi connectivity index (χ3v) is 3.53. The summed E-state index contributed by atoms with van der Waals surface area (Å²) in [5.41, 5.74) is 2.78. The number of hydrogen-bond acceptors (Lipinski definition) is 2. The predicted octanol–water partition coefficient (Wildman–Crippen LogP) is 3.62. The highest BCUT2D eigenvalue weighted by Crippen LogP contribution is 2.14. The Morgan fingerprint density at radius 2 is 1.88 bits per heavy atom. The van der Waals surface area contributed by atoms with Gasteiger partial charge in [-0.15, -0.1) is 0 Å². The maximum absolute atomic E-state index is 13.3. The zero-order valence-corrected chi connectivity index (χ0v) is 10.3. The Kier molecular flexibility index (Phi) is 3.86. The molecule has 0 atom stereocenters. The number of aryl methyl sites for hydroxylation is 1. The van der Waals surface area contributed by atoms with Crippen LogP contribution in [0.4, 0.5) is 8.78 Å². The van der Waals surface area contributed by atoms with Crippen molar-refractivity contribution in [1.82, 2.24) is 5.32 Å². The van der Waals surface area contributed by atoms with Crippen molar-refractivity contribution in [1.29, 1.82) is 0 Å². The molecule has 0 bridgehead atoms. The number of benzene rings is 1. The second kappa shape index (κ2) is 5.38. The number of thiophene rings is 1. The predicted molar refractivity (Wildman–Crippen MR) is 66.0 cm³/mol. The monoisotopic (exact) mass is 253 g/mol. The zero-order chi connectivity index (χ0) is 12.3. The van der Waals surface area contributed by atoms with Gasteiger partial charge in [-0.1, -0.05) is 12.1 Å². The highest BCUT2D eigenvalue weighted by molar-refractivity contribution is 7.08. The third-order valence-electron chi connectivity index (χ3n) is 2.62. The highest BCUT2D eigenvalue weighted by atomic mass is 32.1. The van der Waals surface area contributed by atoms with Gasteiger partial charge in [-0.05, 0) is 34.9 Å². The van der Waals surface area contributed by atoms with E-state index in [1.807, 2.05) is 6.92 Å². The first kappa shape index (κ1) is 12.2. The third kappa shape index (κ3) is 2.90. The van der Waals surface area contributed by atoms with Crippen molar-refractivity contribution < 1.29 is 8.78 Å². The van der Waals surface area contributed by atoms with Gasteiger partial charge in [-0.25, -0.2) is 8.78 Å². The van der Waals surface area contributed by atoms with Crippen LogP contribution in [0.25, 0.3) is 0 Å². The van der Waals surface area contributed by atoms with Crippen molar-refractivity contribution in [2.75, 3.05) is 0 Å². The van der Waals surface area contributed by atoms with E-state index in [1.165, 1.54) is 17.2 Å². The van der Waals surface area contributed by atoms with Gasteiger partial charge in [0.15, 0.2) is 11.6 Å². The van der Waals surface area contributed by atoms with Gasteiger partial charge in [-0.3, -0.25) is 0 Å². The fourth-order valence-corrected chi connectivity index (χ4v) is 2.44. The fourth-order valence-electron chi connectivity index (χ4n) is 1.58. The Hall–Kier alpha value is -1.26. The zero-order valence-electron chi connectivity index (χ0n) is 9.47. The summed E-state index contributed by atoms with van der Waals surface area (Å²) in [6.45, 7) is 3.04. The summed E-state index contributed by atoms with van der Waals surface area (Å²) in [6.07, 6.45) is 0. The molecule has 0 unspecified atom stereocenters. The van der Waals surface area contributed by atoms with Gasteiger partial charge in [0.05, 0.1) is 0 Å². The molecule has 0 aliphatic heterocycles. The maximum Gasteiger partial charge on any atom is 0.163 e. The summed E-state index contributed by atoms with van der Waals surface area (Å²) in [5.74, 6) is -1.56. The molecule has 0 aliphatic carbocycles. The molecule has 0 amide bonds. The van der Waals surface area contributed by atoms with Crippen LogP contribution in [-0.4, -0.2) is 0 Å². The van der Waals surface area contributed by atoms with Crippen molar-refractivity contribution in [3.05, 3.63) is 57.3 Å². The van der Waals surface area contributed by atoms with Gasteiger partial charge in [0, 0.05) is 18.7 Å². The molecule has 0 radical (unpaired) electrons. The molecule has 0 fully saturated rings. The molecule has 1 N–H and O–H groups in total. The Morgan fingerprint density at radius 1 is 1.12 bits per heavy atom. The first-order valence-electron chi connectivity index (χ1n) is 5.33. The topological polar surface area (TPSA) is 12.0 Å². The molecule has 1 heterocycles. The van der Waals surface area contributed by atoms with Gasteiger partial charge in [0.2, 0.25) is 0 Å². The molecule has 17 heavy (non-hydrogen) atoms. The van der Waals surface area contributed by atoms with E-state index in [9.17, 15) is 8.78 Å². The average molecular weight is 253 g/mol. The van der Waals surface area contributed by atoms with E-state index < -0.39 is 11.6 Å². The molecule has 90 valence electrons. The summed E-state index contributed by atoms with van der Waals surface area (Å²) in [5, 5.41) is 7.24. The smallest absolute Gasteiger partial charge is 0.163 e. The van der Waals surface area contributed by atoms with Crippen LogP contribution in [0.3, 0.4) is 0 Å². The SMILES string of the molecule is Cc1cscc1CNCc1cccc(F)c1F. The lowest BCUT2D eigenvalue weighted by molar-refractivity contribution is 0.492. The second-order valence-electron chi connectivity index (χ2n) is 3.90. The van der Waals surface area contributed by atoms with Crippen molar-refractivity contribution in [2.24, 2.45) is 0 Å².